The Labute approximate surface area is 167 Å². The highest BCUT2D eigenvalue weighted by Crippen LogP contribution is 2.26. The highest BCUT2D eigenvalue weighted by molar-refractivity contribution is 6.00. The summed E-state index contributed by atoms with van der Waals surface area (Å²) >= 11 is 0. The molecule has 0 aliphatic carbocycles. The Morgan fingerprint density at radius 1 is 1.00 bits per heavy atom. The van der Waals surface area contributed by atoms with Gasteiger partial charge >= 0.3 is 5.97 Å². The van der Waals surface area contributed by atoms with Crippen molar-refractivity contribution in [1.82, 2.24) is 14.9 Å². The maximum Gasteiger partial charge on any atom is 0.323 e. The monoisotopic (exact) mass is 385 g/mol. The van der Waals surface area contributed by atoms with Crippen LogP contribution in [0.5, 0.6) is 0 Å². The number of nitrogens with one attached hydrogen (secondary N) is 2. The number of rotatable bonds is 6. The summed E-state index contributed by atoms with van der Waals surface area (Å²) in [5.41, 5.74) is 4.64. The molecule has 0 saturated heterocycles. The van der Waals surface area contributed by atoms with Gasteiger partial charge in [0.1, 0.15) is 6.54 Å². The first-order chi connectivity index (χ1) is 14.1. The zero-order chi connectivity index (χ0) is 20.4. The summed E-state index contributed by atoms with van der Waals surface area (Å²) in [6.07, 6.45) is 9.98. The molecule has 0 atom stereocenters. The van der Waals surface area contributed by atoms with E-state index < -0.39 is 18.4 Å². The summed E-state index contributed by atoms with van der Waals surface area (Å²) < 4.78 is 0. The number of terminal acetylenes is 1. The number of benzene rings is 2. The highest BCUT2D eigenvalue weighted by atomic mass is 16.4. The molecule has 0 aliphatic rings. The number of hydrogen-bond acceptors (Lipinski definition) is 2. The minimum absolute atomic E-state index is 0.0558. The van der Waals surface area contributed by atoms with Crippen molar-refractivity contribution in [2.24, 2.45) is 0 Å². The van der Waals surface area contributed by atoms with E-state index in [0.717, 1.165) is 33.3 Å². The predicted molar refractivity (Wildman–Crippen MR) is 112 cm³/mol. The molecule has 0 bridgehead atoms. The Morgan fingerprint density at radius 2 is 1.69 bits per heavy atom. The van der Waals surface area contributed by atoms with E-state index in [4.69, 9.17) is 11.5 Å². The van der Waals surface area contributed by atoms with Crippen molar-refractivity contribution >= 4 is 33.7 Å². The Morgan fingerprint density at radius 3 is 2.41 bits per heavy atom. The summed E-state index contributed by atoms with van der Waals surface area (Å²) in [6.45, 7) is -0.489. The lowest BCUT2D eigenvalue weighted by atomic mass is 10.0. The zero-order valence-electron chi connectivity index (χ0n) is 15.6. The molecule has 6 nitrogen and oxygen atoms in total. The second kappa shape index (κ2) is 7.56. The number of para-hydroxylation sites is 1. The van der Waals surface area contributed by atoms with Gasteiger partial charge in [0.25, 0.3) is 5.91 Å². The van der Waals surface area contributed by atoms with Gasteiger partial charge in [-0.1, -0.05) is 30.2 Å². The molecule has 2 aromatic heterocycles. The largest absolute Gasteiger partial charge is 0.480 e. The van der Waals surface area contributed by atoms with E-state index in [2.05, 4.69) is 22.0 Å². The fourth-order valence-electron chi connectivity index (χ4n) is 3.60. The minimum atomic E-state index is -1.10. The lowest BCUT2D eigenvalue weighted by Gasteiger charge is -2.17. The number of fused-ring (bicyclic) bond motifs is 2. The van der Waals surface area contributed by atoms with Crippen LogP contribution in [0, 0.1) is 12.3 Å². The molecule has 1 amide bonds. The van der Waals surface area contributed by atoms with Crippen molar-refractivity contribution in [3.8, 4) is 12.3 Å². The lowest BCUT2D eigenvalue weighted by Crippen LogP contribution is -2.35. The molecule has 2 aromatic carbocycles. The Hall–Kier alpha value is -3.98. The SMILES string of the molecule is C#CCN(CC(=O)O)C(=O)c1ccc2c(Cc3c[nH]c4ccccc34)c[nH]c2c1. The van der Waals surface area contributed by atoms with Crippen molar-refractivity contribution in [2.45, 2.75) is 6.42 Å². The van der Waals surface area contributed by atoms with Gasteiger partial charge in [0.2, 0.25) is 0 Å². The number of aromatic nitrogens is 2. The van der Waals surface area contributed by atoms with Crippen LogP contribution in [-0.2, 0) is 11.2 Å². The van der Waals surface area contributed by atoms with Gasteiger partial charge < -0.3 is 20.0 Å². The third-order valence-electron chi connectivity index (χ3n) is 4.97. The average molecular weight is 385 g/mol. The van der Waals surface area contributed by atoms with E-state index in [0.29, 0.717) is 5.56 Å². The van der Waals surface area contributed by atoms with Gasteiger partial charge in [-0.3, -0.25) is 9.59 Å². The first-order valence-corrected chi connectivity index (χ1v) is 9.16. The fourth-order valence-corrected chi connectivity index (χ4v) is 3.60. The highest BCUT2D eigenvalue weighted by Gasteiger charge is 2.19. The number of H-pyrrole nitrogens is 2. The lowest BCUT2D eigenvalue weighted by molar-refractivity contribution is -0.137. The van der Waals surface area contributed by atoms with Crippen LogP contribution in [0.25, 0.3) is 21.8 Å². The average Bonchev–Trinajstić information content (AvgIpc) is 3.31. The van der Waals surface area contributed by atoms with E-state index in [1.165, 1.54) is 10.9 Å². The molecular weight excluding hydrogens is 366 g/mol. The van der Waals surface area contributed by atoms with Gasteiger partial charge in [-0.15, -0.1) is 6.42 Å². The second-order valence-electron chi connectivity index (χ2n) is 6.87. The van der Waals surface area contributed by atoms with Crippen LogP contribution in [0.3, 0.4) is 0 Å². The van der Waals surface area contributed by atoms with Gasteiger partial charge in [-0.2, -0.15) is 0 Å². The maximum absolute atomic E-state index is 12.7. The third kappa shape index (κ3) is 3.58. The maximum atomic E-state index is 12.7. The van der Waals surface area contributed by atoms with Crippen molar-refractivity contribution in [1.29, 1.82) is 0 Å². The van der Waals surface area contributed by atoms with Gasteiger partial charge in [-0.05, 0) is 29.3 Å². The van der Waals surface area contributed by atoms with Gasteiger partial charge in [-0.25, -0.2) is 0 Å². The number of carboxylic acids is 1. The molecule has 0 spiro atoms. The van der Waals surface area contributed by atoms with Gasteiger partial charge in [0.15, 0.2) is 0 Å². The number of aromatic amines is 2. The summed E-state index contributed by atoms with van der Waals surface area (Å²) in [5.74, 6) is 0.831. The van der Waals surface area contributed by atoms with Crippen molar-refractivity contribution in [3.63, 3.8) is 0 Å². The van der Waals surface area contributed by atoms with E-state index in [1.807, 2.05) is 36.7 Å². The molecule has 0 fully saturated rings. The Kier molecular flexibility index (Phi) is 4.80. The second-order valence-corrected chi connectivity index (χ2v) is 6.87. The summed E-state index contributed by atoms with van der Waals surface area (Å²) in [7, 11) is 0. The van der Waals surface area contributed by atoms with E-state index in [-0.39, 0.29) is 6.54 Å². The number of amides is 1. The Balaban J connectivity index is 1.63. The van der Waals surface area contributed by atoms with Gasteiger partial charge in [0, 0.05) is 46.2 Å². The molecule has 0 saturated carbocycles. The molecule has 144 valence electrons. The number of nitrogens with zero attached hydrogens (tertiary/aromatic N) is 1. The van der Waals surface area contributed by atoms with E-state index >= 15 is 0 Å². The zero-order valence-corrected chi connectivity index (χ0v) is 15.6. The molecule has 29 heavy (non-hydrogen) atoms. The van der Waals surface area contributed by atoms with Crippen LogP contribution >= 0.6 is 0 Å². The normalized spacial score (nSPS) is 10.9. The number of carbonyl (C=O) groups is 2. The molecular formula is C23H19N3O3. The smallest absolute Gasteiger partial charge is 0.323 e. The van der Waals surface area contributed by atoms with Crippen molar-refractivity contribution in [2.75, 3.05) is 13.1 Å². The first kappa shape index (κ1) is 18.4. The molecule has 6 heteroatoms. The molecule has 4 rings (SSSR count). The standard InChI is InChI=1S/C23H19N3O3/c1-2-9-26(14-22(27)28)23(29)15-7-8-19-17(13-25-21(19)11-15)10-16-12-24-20-6-4-3-5-18(16)20/h1,3-8,11-13,24-25H,9-10,14H2,(H,27,28). The summed E-state index contributed by atoms with van der Waals surface area (Å²) in [6, 6.07) is 13.5. The Bertz CT molecular complexity index is 1260. The number of hydrogen-bond donors (Lipinski definition) is 3. The van der Waals surface area contributed by atoms with E-state index in [1.54, 1.807) is 12.1 Å². The van der Waals surface area contributed by atoms with Crippen LogP contribution in [0.15, 0.2) is 54.9 Å². The van der Waals surface area contributed by atoms with Gasteiger partial charge in [0.05, 0.1) is 6.54 Å². The van der Waals surface area contributed by atoms with Crippen LogP contribution in [-0.4, -0.2) is 44.9 Å². The topological polar surface area (TPSA) is 89.2 Å². The quantitative estimate of drug-likeness (QED) is 0.445. The van der Waals surface area contributed by atoms with Crippen LogP contribution in [0.1, 0.15) is 21.5 Å². The first-order valence-electron chi connectivity index (χ1n) is 9.16. The van der Waals surface area contributed by atoms with Crippen LogP contribution in [0.2, 0.25) is 0 Å². The molecule has 4 aromatic rings. The fraction of sp³-hybridized carbons (Fsp3) is 0.130. The van der Waals surface area contributed by atoms with E-state index in [9.17, 15) is 9.59 Å². The summed E-state index contributed by atoms with van der Waals surface area (Å²) in [5, 5.41) is 11.2. The minimum Gasteiger partial charge on any atom is -0.480 e. The molecule has 2 heterocycles. The number of carbonyl (C=O) groups excluding carboxylic acids is 1. The van der Waals surface area contributed by atoms with Crippen molar-refractivity contribution < 1.29 is 14.7 Å². The summed E-state index contributed by atoms with van der Waals surface area (Å²) in [4.78, 5) is 31.3. The molecule has 0 aliphatic heterocycles. The van der Waals surface area contributed by atoms with Crippen molar-refractivity contribution in [3.05, 3.63) is 71.5 Å². The van der Waals surface area contributed by atoms with Crippen LogP contribution < -0.4 is 0 Å². The third-order valence-corrected chi connectivity index (χ3v) is 4.97. The number of carboxylic acid groups (broad SMARTS) is 1. The van der Waals surface area contributed by atoms with Crippen LogP contribution in [0.4, 0.5) is 0 Å². The molecule has 0 radical (unpaired) electrons. The molecule has 0 unspecified atom stereocenters. The molecule has 3 N–H and O–H groups in total. The number of aliphatic carboxylic acids is 1. The predicted octanol–water partition coefficient (Wildman–Crippen LogP) is 3.40.